The summed E-state index contributed by atoms with van der Waals surface area (Å²) < 4.78 is 0. The summed E-state index contributed by atoms with van der Waals surface area (Å²) in [6.07, 6.45) is 8.62. The van der Waals surface area contributed by atoms with Gasteiger partial charge in [0.15, 0.2) is 0 Å². The average molecular weight is 268 g/mol. The van der Waals surface area contributed by atoms with Crippen molar-refractivity contribution in [2.75, 3.05) is 13.1 Å². The summed E-state index contributed by atoms with van der Waals surface area (Å²) >= 11 is 0. The fraction of sp³-hybridized carbons (Fsp3) is 1.00. The SMILES string of the molecule is CCCC1CCC(CNCC(C)C)C(C(C)CC)C1. The zero-order valence-corrected chi connectivity index (χ0v) is 14.0. The summed E-state index contributed by atoms with van der Waals surface area (Å²) in [5, 5.41) is 3.71. The maximum Gasteiger partial charge on any atom is -0.00177 e. The molecule has 1 nitrogen and oxygen atoms in total. The molecule has 1 saturated carbocycles. The van der Waals surface area contributed by atoms with Crippen LogP contribution in [0.4, 0.5) is 0 Å². The molecule has 1 rings (SSSR count). The van der Waals surface area contributed by atoms with Crippen LogP contribution >= 0.6 is 0 Å². The predicted molar refractivity (Wildman–Crippen MR) is 86.4 cm³/mol. The molecule has 114 valence electrons. The third kappa shape index (κ3) is 5.85. The number of hydrogen-bond acceptors (Lipinski definition) is 1. The van der Waals surface area contributed by atoms with E-state index in [0.29, 0.717) is 0 Å². The fourth-order valence-corrected chi connectivity index (χ4v) is 3.84. The van der Waals surface area contributed by atoms with Crippen LogP contribution in [0.2, 0.25) is 0 Å². The molecule has 0 saturated heterocycles. The first kappa shape index (κ1) is 17.0. The van der Waals surface area contributed by atoms with Crippen LogP contribution in [0.15, 0.2) is 0 Å². The molecule has 1 N–H and O–H groups in total. The van der Waals surface area contributed by atoms with Crippen LogP contribution in [-0.4, -0.2) is 13.1 Å². The van der Waals surface area contributed by atoms with Crippen molar-refractivity contribution in [3.8, 4) is 0 Å². The highest BCUT2D eigenvalue weighted by Gasteiger charge is 2.32. The summed E-state index contributed by atoms with van der Waals surface area (Å²) in [4.78, 5) is 0. The Morgan fingerprint density at radius 1 is 1.11 bits per heavy atom. The number of rotatable bonds is 8. The molecule has 1 fully saturated rings. The number of hydrogen-bond donors (Lipinski definition) is 1. The molecular weight excluding hydrogens is 230 g/mol. The molecule has 1 heteroatoms. The lowest BCUT2D eigenvalue weighted by Crippen LogP contribution is -2.37. The zero-order chi connectivity index (χ0) is 14.3. The number of nitrogens with one attached hydrogen (secondary N) is 1. The molecule has 0 aliphatic heterocycles. The molecule has 4 unspecified atom stereocenters. The Kier molecular flexibility index (Phi) is 8.06. The van der Waals surface area contributed by atoms with Gasteiger partial charge in [-0.3, -0.25) is 0 Å². The van der Waals surface area contributed by atoms with Gasteiger partial charge in [0.1, 0.15) is 0 Å². The van der Waals surface area contributed by atoms with Crippen molar-refractivity contribution in [2.45, 2.75) is 73.1 Å². The third-order valence-corrected chi connectivity index (χ3v) is 5.19. The van der Waals surface area contributed by atoms with Gasteiger partial charge in [0, 0.05) is 0 Å². The molecule has 1 aliphatic rings. The van der Waals surface area contributed by atoms with E-state index in [2.05, 4.69) is 39.9 Å². The van der Waals surface area contributed by atoms with Crippen molar-refractivity contribution in [2.24, 2.45) is 29.6 Å². The van der Waals surface area contributed by atoms with Gasteiger partial charge in [-0.2, -0.15) is 0 Å². The normalized spacial score (nSPS) is 29.7. The van der Waals surface area contributed by atoms with E-state index in [1.54, 1.807) is 0 Å². The topological polar surface area (TPSA) is 12.0 Å². The van der Waals surface area contributed by atoms with E-state index in [9.17, 15) is 0 Å². The molecule has 0 bridgehead atoms. The van der Waals surface area contributed by atoms with Gasteiger partial charge in [-0.05, 0) is 55.5 Å². The average Bonchev–Trinajstić information content (AvgIpc) is 2.39. The quantitative estimate of drug-likeness (QED) is 0.644. The van der Waals surface area contributed by atoms with E-state index in [-0.39, 0.29) is 0 Å². The van der Waals surface area contributed by atoms with Crippen LogP contribution in [0, 0.1) is 29.6 Å². The van der Waals surface area contributed by atoms with E-state index in [4.69, 9.17) is 0 Å². The van der Waals surface area contributed by atoms with Crippen molar-refractivity contribution in [1.29, 1.82) is 0 Å². The van der Waals surface area contributed by atoms with Gasteiger partial charge in [0.25, 0.3) is 0 Å². The molecule has 0 aromatic heterocycles. The monoisotopic (exact) mass is 267 g/mol. The Morgan fingerprint density at radius 3 is 2.42 bits per heavy atom. The van der Waals surface area contributed by atoms with Gasteiger partial charge in [-0.1, -0.05) is 60.3 Å². The lowest BCUT2D eigenvalue weighted by Gasteiger charge is -2.40. The first-order valence-corrected chi connectivity index (χ1v) is 8.79. The van der Waals surface area contributed by atoms with Crippen molar-refractivity contribution in [3.63, 3.8) is 0 Å². The van der Waals surface area contributed by atoms with Crippen molar-refractivity contribution in [3.05, 3.63) is 0 Å². The molecule has 0 heterocycles. The largest absolute Gasteiger partial charge is 0.316 e. The van der Waals surface area contributed by atoms with Crippen molar-refractivity contribution in [1.82, 2.24) is 5.32 Å². The predicted octanol–water partition coefficient (Wildman–Crippen LogP) is 5.11. The van der Waals surface area contributed by atoms with Crippen LogP contribution in [-0.2, 0) is 0 Å². The summed E-state index contributed by atoms with van der Waals surface area (Å²) in [7, 11) is 0. The second-order valence-electron chi connectivity index (χ2n) is 7.33. The minimum atomic E-state index is 0.776. The molecule has 0 spiro atoms. The Morgan fingerprint density at radius 2 is 1.84 bits per heavy atom. The smallest absolute Gasteiger partial charge is 0.00177 e. The minimum absolute atomic E-state index is 0.776. The lowest BCUT2D eigenvalue weighted by atomic mass is 9.67. The van der Waals surface area contributed by atoms with Crippen LogP contribution in [0.25, 0.3) is 0 Å². The van der Waals surface area contributed by atoms with E-state index in [1.807, 2.05) is 0 Å². The summed E-state index contributed by atoms with van der Waals surface area (Å²) in [6, 6.07) is 0. The molecule has 1 aliphatic carbocycles. The Bertz CT molecular complexity index is 224. The van der Waals surface area contributed by atoms with E-state index >= 15 is 0 Å². The maximum absolute atomic E-state index is 3.71. The zero-order valence-electron chi connectivity index (χ0n) is 14.0. The first-order valence-electron chi connectivity index (χ1n) is 8.79. The summed E-state index contributed by atoms with van der Waals surface area (Å²) in [5.41, 5.74) is 0. The van der Waals surface area contributed by atoms with Crippen molar-refractivity contribution < 1.29 is 0 Å². The minimum Gasteiger partial charge on any atom is -0.316 e. The summed E-state index contributed by atoms with van der Waals surface area (Å²) in [5.74, 6) is 4.60. The molecule has 0 aromatic carbocycles. The Hall–Kier alpha value is -0.0400. The van der Waals surface area contributed by atoms with Crippen LogP contribution in [0.3, 0.4) is 0 Å². The molecule has 19 heavy (non-hydrogen) atoms. The Labute approximate surface area is 121 Å². The standard InChI is InChI=1S/C18H37N/c1-6-8-16-9-10-17(13-19-12-14(3)4)18(11-16)15(5)7-2/h14-19H,6-13H2,1-5H3. The highest BCUT2D eigenvalue weighted by atomic mass is 14.9. The van der Waals surface area contributed by atoms with Gasteiger partial charge in [-0.15, -0.1) is 0 Å². The first-order chi connectivity index (χ1) is 9.08. The summed E-state index contributed by atoms with van der Waals surface area (Å²) in [6.45, 7) is 14.2. The van der Waals surface area contributed by atoms with E-state index in [1.165, 1.54) is 51.6 Å². The van der Waals surface area contributed by atoms with Crippen molar-refractivity contribution >= 4 is 0 Å². The molecule has 0 amide bonds. The van der Waals surface area contributed by atoms with Crippen LogP contribution in [0.1, 0.15) is 73.1 Å². The highest BCUT2D eigenvalue weighted by Crippen LogP contribution is 2.40. The van der Waals surface area contributed by atoms with Gasteiger partial charge >= 0.3 is 0 Å². The highest BCUT2D eigenvalue weighted by molar-refractivity contribution is 4.84. The molecule has 4 atom stereocenters. The van der Waals surface area contributed by atoms with Gasteiger partial charge in [0.05, 0.1) is 0 Å². The Balaban J connectivity index is 2.48. The van der Waals surface area contributed by atoms with Crippen LogP contribution in [0.5, 0.6) is 0 Å². The van der Waals surface area contributed by atoms with Crippen LogP contribution < -0.4 is 5.32 Å². The molecular formula is C18H37N. The second kappa shape index (κ2) is 9.00. The maximum atomic E-state index is 3.71. The van der Waals surface area contributed by atoms with E-state index < -0.39 is 0 Å². The fourth-order valence-electron chi connectivity index (χ4n) is 3.84. The lowest BCUT2D eigenvalue weighted by molar-refractivity contribution is 0.118. The molecule has 0 radical (unpaired) electrons. The third-order valence-electron chi connectivity index (χ3n) is 5.19. The van der Waals surface area contributed by atoms with E-state index in [0.717, 1.165) is 29.6 Å². The van der Waals surface area contributed by atoms with Gasteiger partial charge in [-0.25, -0.2) is 0 Å². The van der Waals surface area contributed by atoms with Gasteiger partial charge in [0.2, 0.25) is 0 Å². The van der Waals surface area contributed by atoms with Gasteiger partial charge < -0.3 is 5.32 Å². The molecule has 0 aromatic rings. The second-order valence-corrected chi connectivity index (χ2v) is 7.33.